The molecule has 0 saturated heterocycles. The smallest absolute Gasteiger partial charge is 0.273 e. The number of nitrogens with two attached hydrogens (primary N) is 1. The highest BCUT2D eigenvalue weighted by atomic mass is 32.1. The third-order valence-electron chi connectivity index (χ3n) is 4.14. The molecule has 0 aliphatic heterocycles. The highest BCUT2D eigenvalue weighted by Gasteiger charge is 2.23. The Morgan fingerprint density at radius 1 is 1.31 bits per heavy atom. The fourth-order valence-corrected chi connectivity index (χ4v) is 3.40. The summed E-state index contributed by atoms with van der Waals surface area (Å²) in [7, 11) is 1.78. The normalized spacial score (nSPS) is 11.5. The quantitative estimate of drug-likeness (QED) is 0.724. The van der Waals surface area contributed by atoms with Crippen molar-refractivity contribution in [1.82, 2.24) is 19.7 Å². The van der Waals surface area contributed by atoms with E-state index in [4.69, 9.17) is 5.73 Å². The van der Waals surface area contributed by atoms with E-state index in [0.717, 1.165) is 16.3 Å². The summed E-state index contributed by atoms with van der Waals surface area (Å²) in [4.78, 5) is 18.8. The predicted molar refractivity (Wildman–Crippen MR) is 104 cm³/mol. The summed E-state index contributed by atoms with van der Waals surface area (Å²) in [6.45, 7) is 5.19. The number of rotatable bonds is 6. The van der Waals surface area contributed by atoms with Crippen molar-refractivity contribution in [1.29, 1.82) is 0 Å². The summed E-state index contributed by atoms with van der Waals surface area (Å²) in [5, 5.41) is 6.96. The van der Waals surface area contributed by atoms with E-state index < -0.39 is 0 Å². The molecule has 0 unspecified atom stereocenters. The molecule has 0 radical (unpaired) electrons. The van der Waals surface area contributed by atoms with Gasteiger partial charge in [0.15, 0.2) is 0 Å². The number of carbonyl (C=O) groups excluding carboxylic acids is 1. The van der Waals surface area contributed by atoms with Crippen LogP contribution in [0.15, 0.2) is 48.1 Å². The summed E-state index contributed by atoms with van der Waals surface area (Å²) in [6, 6.07) is 9.88. The molecule has 2 aromatic heterocycles. The van der Waals surface area contributed by atoms with Gasteiger partial charge in [-0.2, -0.15) is 5.10 Å². The molecule has 0 atom stereocenters. The van der Waals surface area contributed by atoms with Crippen molar-refractivity contribution in [3.63, 3.8) is 0 Å². The average molecular weight is 369 g/mol. The predicted octanol–water partition coefficient (Wildman–Crippen LogP) is 3.05. The van der Waals surface area contributed by atoms with Crippen LogP contribution in [0.3, 0.4) is 0 Å². The topological polar surface area (TPSA) is 77.0 Å². The second-order valence-corrected chi connectivity index (χ2v) is 7.93. The fraction of sp³-hybridized carbons (Fsp3) is 0.316. The van der Waals surface area contributed by atoms with Crippen LogP contribution in [0, 0.1) is 5.41 Å². The Hall–Kier alpha value is -2.51. The summed E-state index contributed by atoms with van der Waals surface area (Å²) in [5.41, 5.74) is 7.96. The molecular formula is C19H23N5OS. The van der Waals surface area contributed by atoms with Gasteiger partial charge in [0.1, 0.15) is 10.7 Å². The average Bonchev–Trinajstić information content (AvgIpc) is 3.31. The number of hydrogen-bond donors (Lipinski definition) is 1. The molecule has 2 N–H and O–H groups in total. The Balaban J connectivity index is 1.76. The van der Waals surface area contributed by atoms with Crippen molar-refractivity contribution in [3.8, 4) is 16.3 Å². The molecule has 2 heterocycles. The first kappa shape index (κ1) is 18.3. The van der Waals surface area contributed by atoms with E-state index in [-0.39, 0.29) is 11.3 Å². The van der Waals surface area contributed by atoms with Gasteiger partial charge in [-0.05, 0) is 24.1 Å². The largest absolute Gasteiger partial charge is 0.340 e. The summed E-state index contributed by atoms with van der Waals surface area (Å²) in [6.07, 6.45) is 3.69. The van der Waals surface area contributed by atoms with Crippen LogP contribution in [0.4, 0.5) is 0 Å². The van der Waals surface area contributed by atoms with Gasteiger partial charge in [0.05, 0.1) is 11.9 Å². The summed E-state index contributed by atoms with van der Waals surface area (Å²) < 4.78 is 1.80. The van der Waals surface area contributed by atoms with Gasteiger partial charge >= 0.3 is 0 Å². The minimum absolute atomic E-state index is 0.0931. The Kier molecular flexibility index (Phi) is 5.20. The lowest BCUT2D eigenvalue weighted by molar-refractivity contribution is 0.0735. The zero-order valence-corrected chi connectivity index (χ0v) is 16.0. The number of hydrogen-bond acceptors (Lipinski definition) is 5. The molecule has 6 nitrogen and oxygen atoms in total. The van der Waals surface area contributed by atoms with Crippen LogP contribution in [-0.2, 0) is 0 Å². The molecule has 0 spiro atoms. The van der Waals surface area contributed by atoms with Crippen molar-refractivity contribution in [3.05, 3.63) is 53.8 Å². The highest BCUT2D eigenvalue weighted by molar-refractivity contribution is 7.13. The van der Waals surface area contributed by atoms with E-state index in [9.17, 15) is 4.79 Å². The zero-order chi connectivity index (χ0) is 18.7. The lowest BCUT2D eigenvalue weighted by atomic mass is 9.93. The molecule has 0 bridgehead atoms. The molecule has 1 aromatic carbocycles. The monoisotopic (exact) mass is 369 g/mol. The van der Waals surface area contributed by atoms with Crippen molar-refractivity contribution in [2.45, 2.75) is 13.8 Å². The molecule has 0 aliphatic carbocycles. The second-order valence-electron chi connectivity index (χ2n) is 7.08. The van der Waals surface area contributed by atoms with Crippen molar-refractivity contribution >= 4 is 17.2 Å². The molecular weight excluding hydrogens is 346 g/mol. The van der Waals surface area contributed by atoms with Crippen LogP contribution in [0.5, 0.6) is 0 Å². The zero-order valence-electron chi connectivity index (χ0n) is 15.2. The maximum Gasteiger partial charge on any atom is 0.273 e. The van der Waals surface area contributed by atoms with Crippen molar-refractivity contribution in [2.24, 2.45) is 11.1 Å². The SMILES string of the molecule is CN(CC(C)(C)CN)C(=O)c1csc(-c2cnn(-c3ccccc3)c2)n1. The van der Waals surface area contributed by atoms with E-state index >= 15 is 0 Å². The Labute approximate surface area is 157 Å². The van der Waals surface area contributed by atoms with Crippen LogP contribution < -0.4 is 5.73 Å². The Morgan fingerprint density at radius 3 is 2.73 bits per heavy atom. The molecule has 1 amide bonds. The third kappa shape index (κ3) is 4.00. The van der Waals surface area contributed by atoms with Gasteiger partial charge < -0.3 is 10.6 Å². The number of para-hydroxylation sites is 1. The molecule has 136 valence electrons. The van der Waals surface area contributed by atoms with E-state index in [1.165, 1.54) is 11.3 Å². The van der Waals surface area contributed by atoms with E-state index in [0.29, 0.717) is 18.8 Å². The van der Waals surface area contributed by atoms with Gasteiger partial charge in [0, 0.05) is 30.7 Å². The van der Waals surface area contributed by atoms with Crippen LogP contribution in [0.2, 0.25) is 0 Å². The molecule has 7 heteroatoms. The van der Waals surface area contributed by atoms with E-state index in [1.54, 1.807) is 28.2 Å². The van der Waals surface area contributed by atoms with Gasteiger partial charge in [-0.15, -0.1) is 11.3 Å². The van der Waals surface area contributed by atoms with Gasteiger partial charge in [-0.3, -0.25) is 4.79 Å². The maximum atomic E-state index is 12.6. The number of nitrogens with zero attached hydrogens (tertiary/aromatic N) is 4. The first-order valence-corrected chi connectivity index (χ1v) is 9.29. The number of benzene rings is 1. The van der Waals surface area contributed by atoms with Crippen LogP contribution in [0.1, 0.15) is 24.3 Å². The van der Waals surface area contributed by atoms with Crippen LogP contribution in [0.25, 0.3) is 16.3 Å². The lowest BCUT2D eigenvalue weighted by Crippen LogP contribution is -2.39. The minimum Gasteiger partial charge on any atom is -0.340 e. The van der Waals surface area contributed by atoms with E-state index in [2.05, 4.69) is 10.1 Å². The first-order chi connectivity index (χ1) is 12.4. The van der Waals surface area contributed by atoms with Gasteiger partial charge in [0.25, 0.3) is 5.91 Å². The Morgan fingerprint density at radius 2 is 2.04 bits per heavy atom. The number of amides is 1. The number of carbonyl (C=O) groups is 1. The molecule has 0 aliphatic rings. The van der Waals surface area contributed by atoms with E-state index in [1.807, 2.05) is 50.4 Å². The molecule has 3 aromatic rings. The molecule has 0 fully saturated rings. The third-order valence-corrected chi connectivity index (χ3v) is 5.03. The second kappa shape index (κ2) is 7.39. The molecule has 3 rings (SSSR count). The van der Waals surface area contributed by atoms with Crippen LogP contribution >= 0.6 is 11.3 Å². The fourth-order valence-electron chi connectivity index (χ4n) is 2.63. The maximum absolute atomic E-state index is 12.6. The van der Waals surface area contributed by atoms with Crippen molar-refractivity contribution in [2.75, 3.05) is 20.1 Å². The summed E-state index contributed by atoms with van der Waals surface area (Å²) in [5.74, 6) is -0.0931. The molecule has 0 saturated carbocycles. The van der Waals surface area contributed by atoms with Gasteiger partial charge in [-0.1, -0.05) is 32.0 Å². The standard InChI is InChI=1S/C19H23N5OS/c1-19(2,12-20)13-23(3)18(25)16-11-26-17(22-16)14-9-21-24(10-14)15-7-5-4-6-8-15/h4-11H,12-13,20H2,1-3H3. The highest BCUT2D eigenvalue weighted by Crippen LogP contribution is 2.25. The molecule has 26 heavy (non-hydrogen) atoms. The summed E-state index contributed by atoms with van der Waals surface area (Å²) >= 11 is 1.44. The number of thiazole rings is 1. The number of aromatic nitrogens is 3. The lowest BCUT2D eigenvalue weighted by Gasteiger charge is -2.28. The van der Waals surface area contributed by atoms with Gasteiger partial charge in [0.2, 0.25) is 0 Å². The van der Waals surface area contributed by atoms with Crippen molar-refractivity contribution < 1.29 is 4.79 Å². The first-order valence-electron chi connectivity index (χ1n) is 8.41. The Bertz CT molecular complexity index is 884. The van der Waals surface area contributed by atoms with Crippen LogP contribution in [-0.4, -0.2) is 45.7 Å². The van der Waals surface area contributed by atoms with Gasteiger partial charge in [-0.25, -0.2) is 9.67 Å². The minimum atomic E-state index is -0.125.